The summed E-state index contributed by atoms with van der Waals surface area (Å²) in [6, 6.07) is 24.1. The van der Waals surface area contributed by atoms with Crippen molar-refractivity contribution in [1.29, 1.82) is 0 Å². The molecule has 0 aliphatic heterocycles. The van der Waals surface area contributed by atoms with Crippen LogP contribution in [0.25, 0.3) is 17.1 Å². The van der Waals surface area contributed by atoms with Crippen LogP contribution in [0.4, 0.5) is 0 Å². The number of amides is 3. The smallest absolute Gasteiger partial charge is 0.309 e. The highest BCUT2D eigenvalue weighted by atomic mass is 35.5. The maximum atomic E-state index is 12.7. The number of halogens is 1. The number of carbonyl (C=O) groups is 3. The van der Waals surface area contributed by atoms with E-state index in [1.54, 1.807) is 28.9 Å². The van der Waals surface area contributed by atoms with Gasteiger partial charge in [0.15, 0.2) is 5.82 Å². The van der Waals surface area contributed by atoms with E-state index in [9.17, 15) is 14.4 Å². The number of hydrazine groups is 1. The summed E-state index contributed by atoms with van der Waals surface area (Å²) in [4.78, 5) is 41.9. The molecule has 3 N–H and O–H groups in total. The molecule has 1 heterocycles. The summed E-state index contributed by atoms with van der Waals surface area (Å²) in [7, 11) is 0. The first-order valence-electron chi connectivity index (χ1n) is 10.7. The monoisotopic (exact) mass is 488 g/mol. The van der Waals surface area contributed by atoms with Crippen LogP contribution in [-0.2, 0) is 4.79 Å². The Balaban J connectivity index is 1.45. The molecule has 0 saturated heterocycles. The van der Waals surface area contributed by atoms with Crippen molar-refractivity contribution in [3.05, 3.63) is 101 Å². The van der Waals surface area contributed by atoms with Gasteiger partial charge in [0.2, 0.25) is 5.82 Å². The number of hydrogen-bond donors (Lipinski definition) is 3. The molecule has 3 aromatic carbocycles. The third kappa shape index (κ3) is 5.53. The van der Waals surface area contributed by atoms with Crippen LogP contribution in [0.5, 0.6) is 0 Å². The molecule has 1 atom stereocenters. The summed E-state index contributed by atoms with van der Waals surface area (Å²) in [6.07, 6.45) is 0. The van der Waals surface area contributed by atoms with E-state index in [1.807, 2.05) is 60.7 Å². The van der Waals surface area contributed by atoms with Gasteiger partial charge >= 0.3 is 5.91 Å². The molecule has 0 radical (unpaired) electrons. The predicted octanol–water partition coefficient (Wildman–Crippen LogP) is 3.17. The van der Waals surface area contributed by atoms with E-state index in [-0.39, 0.29) is 16.4 Å². The normalized spacial score (nSPS) is 11.4. The van der Waals surface area contributed by atoms with Crippen molar-refractivity contribution in [2.75, 3.05) is 0 Å². The van der Waals surface area contributed by atoms with Gasteiger partial charge in [0.1, 0.15) is 6.04 Å². The maximum Gasteiger partial charge on any atom is 0.309 e. The van der Waals surface area contributed by atoms with Gasteiger partial charge in [-0.3, -0.25) is 25.2 Å². The summed E-state index contributed by atoms with van der Waals surface area (Å²) in [5.74, 6) is -1.53. The minimum absolute atomic E-state index is 0.138. The minimum atomic E-state index is -0.950. The summed E-state index contributed by atoms with van der Waals surface area (Å²) in [5, 5.41) is 7.13. The molecule has 0 aliphatic rings. The molecule has 0 aliphatic carbocycles. The van der Waals surface area contributed by atoms with Gasteiger partial charge < -0.3 is 5.32 Å². The van der Waals surface area contributed by atoms with Gasteiger partial charge in [0.25, 0.3) is 11.8 Å². The highest BCUT2D eigenvalue weighted by Crippen LogP contribution is 2.21. The largest absolute Gasteiger partial charge is 0.340 e. The fraction of sp³-hybridized carbons (Fsp3) is 0.0800. The highest BCUT2D eigenvalue weighted by molar-refractivity contribution is 6.33. The predicted molar refractivity (Wildman–Crippen MR) is 131 cm³/mol. The molecule has 176 valence electrons. The Hall–Kier alpha value is -4.50. The minimum Gasteiger partial charge on any atom is -0.340 e. The molecule has 3 amide bonds. The lowest BCUT2D eigenvalue weighted by Crippen LogP contribution is -2.51. The van der Waals surface area contributed by atoms with Crippen molar-refractivity contribution in [3.8, 4) is 17.1 Å². The van der Waals surface area contributed by atoms with Crippen molar-refractivity contribution in [1.82, 2.24) is 30.9 Å². The molecule has 0 bridgehead atoms. The average molecular weight is 489 g/mol. The van der Waals surface area contributed by atoms with Crippen LogP contribution in [0.1, 0.15) is 27.9 Å². The zero-order valence-electron chi connectivity index (χ0n) is 18.6. The maximum absolute atomic E-state index is 12.7. The highest BCUT2D eigenvalue weighted by Gasteiger charge is 2.21. The van der Waals surface area contributed by atoms with Crippen molar-refractivity contribution in [2.45, 2.75) is 13.0 Å². The molecule has 4 rings (SSSR count). The SMILES string of the molecule is C[C@H](NC(=O)c1ccccc1Cl)C(=O)NNC(=O)c1nc(-c2ccccc2)n(-c2ccccc2)n1. The van der Waals surface area contributed by atoms with Crippen LogP contribution < -0.4 is 16.2 Å². The lowest BCUT2D eigenvalue weighted by molar-refractivity contribution is -0.123. The topological polar surface area (TPSA) is 118 Å². The fourth-order valence-corrected chi connectivity index (χ4v) is 3.42. The first kappa shape index (κ1) is 23.7. The van der Waals surface area contributed by atoms with Crippen molar-refractivity contribution < 1.29 is 14.4 Å². The van der Waals surface area contributed by atoms with Gasteiger partial charge in [-0.25, -0.2) is 9.67 Å². The van der Waals surface area contributed by atoms with Crippen LogP contribution >= 0.6 is 11.6 Å². The molecule has 35 heavy (non-hydrogen) atoms. The van der Waals surface area contributed by atoms with Crippen molar-refractivity contribution in [3.63, 3.8) is 0 Å². The van der Waals surface area contributed by atoms with E-state index in [1.165, 1.54) is 6.92 Å². The van der Waals surface area contributed by atoms with Gasteiger partial charge in [0.05, 0.1) is 16.3 Å². The number of aromatic nitrogens is 3. The van der Waals surface area contributed by atoms with Crippen LogP contribution in [-0.4, -0.2) is 38.5 Å². The van der Waals surface area contributed by atoms with E-state index in [0.717, 1.165) is 11.3 Å². The molecule has 0 fully saturated rings. The number of nitrogens with one attached hydrogen (secondary N) is 3. The Kier molecular flexibility index (Phi) is 7.18. The Morgan fingerprint density at radius 3 is 2.14 bits per heavy atom. The zero-order chi connectivity index (χ0) is 24.8. The lowest BCUT2D eigenvalue weighted by atomic mass is 10.2. The van der Waals surface area contributed by atoms with E-state index in [4.69, 9.17) is 11.6 Å². The van der Waals surface area contributed by atoms with Crippen LogP contribution in [0, 0.1) is 0 Å². The van der Waals surface area contributed by atoms with E-state index in [0.29, 0.717) is 5.82 Å². The summed E-state index contributed by atoms with van der Waals surface area (Å²) < 4.78 is 1.55. The average Bonchev–Trinajstić information content (AvgIpc) is 3.34. The number of rotatable bonds is 6. The van der Waals surface area contributed by atoms with Crippen LogP contribution in [0.3, 0.4) is 0 Å². The third-order valence-electron chi connectivity index (χ3n) is 5.00. The second-order valence-corrected chi connectivity index (χ2v) is 7.90. The van der Waals surface area contributed by atoms with Crippen LogP contribution in [0.15, 0.2) is 84.9 Å². The Labute approximate surface area is 206 Å². The first-order chi connectivity index (χ1) is 16.9. The third-order valence-corrected chi connectivity index (χ3v) is 5.33. The van der Waals surface area contributed by atoms with Crippen molar-refractivity contribution >= 4 is 29.3 Å². The second-order valence-electron chi connectivity index (χ2n) is 7.49. The van der Waals surface area contributed by atoms with Crippen LogP contribution in [0.2, 0.25) is 5.02 Å². The van der Waals surface area contributed by atoms with E-state index >= 15 is 0 Å². The summed E-state index contributed by atoms with van der Waals surface area (Å²) in [6.45, 7) is 1.48. The Morgan fingerprint density at radius 1 is 0.829 bits per heavy atom. The molecule has 0 saturated carbocycles. The molecule has 9 nitrogen and oxygen atoms in total. The molecular formula is C25H21ClN6O3. The zero-order valence-corrected chi connectivity index (χ0v) is 19.4. The number of para-hydroxylation sites is 1. The summed E-state index contributed by atoms with van der Waals surface area (Å²) in [5.41, 5.74) is 6.30. The standard InChI is InChI=1S/C25H21ClN6O3/c1-16(27-24(34)19-14-8-9-15-20(19)26)23(33)29-30-25(35)21-28-22(17-10-4-2-5-11-17)32(31-21)18-12-6-3-7-13-18/h2-16H,1H3,(H,27,34)(H,29,33)(H,30,35)/t16-/m0/s1. The van der Waals surface area contributed by atoms with Crippen molar-refractivity contribution in [2.24, 2.45) is 0 Å². The number of nitrogens with zero attached hydrogens (tertiary/aromatic N) is 3. The van der Waals surface area contributed by atoms with Gasteiger partial charge in [-0.2, -0.15) is 0 Å². The number of carbonyl (C=O) groups excluding carboxylic acids is 3. The first-order valence-corrected chi connectivity index (χ1v) is 11.1. The molecular weight excluding hydrogens is 468 g/mol. The molecule has 1 aromatic heterocycles. The van der Waals surface area contributed by atoms with Gasteiger partial charge in [-0.15, -0.1) is 5.10 Å². The van der Waals surface area contributed by atoms with Gasteiger partial charge in [0, 0.05) is 5.56 Å². The number of hydrogen-bond acceptors (Lipinski definition) is 5. The van der Waals surface area contributed by atoms with E-state index in [2.05, 4.69) is 26.3 Å². The quantitative estimate of drug-likeness (QED) is 0.360. The Bertz CT molecular complexity index is 1300. The van der Waals surface area contributed by atoms with Gasteiger partial charge in [-0.05, 0) is 31.2 Å². The lowest BCUT2D eigenvalue weighted by Gasteiger charge is -2.14. The Morgan fingerprint density at radius 2 is 1.46 bits per heavy atom. The fourth-order valence-electron chi connectivity index (χ4n) is 3.20. The molecule has 0 unspecified atom stereocenters. The van der Waals surface area contributed by atoms with Gasteiger partial charge in [-0.1, -0.05) is 72.3 Å². The van der Waals surface area contributed by atoms with E-state index < -0.39 is 23.8 Å². The summed E-state index contributed by atoms with van der Waals surface area (Å²) >= 11 is 6.02. The molecule has 4 aromatic rings. The number of benzene rings is 3. The second kappa shape index (κ2) is 10.6. The molecule has 10 heteroatoms. The molecule has 0 spiro atoms.